The van der Waals surface area contributed by atoms with Crippen molar-refractivity contribution in [2.45, 2.75) is 19.8 Å². The van der Waals surface area contributed by atoms with Crippen LogP contribution >= 0.6 is 0 Å². The van der Waals surface area contributed by atoms with Gasteiger partial charge in [-0.05, 0) is 30.7 Å². The maximum atomic E-state index is 4.12. The van der Waals surface area contributed by atoms with Gasteiger partial charge >= 0.3 is 0 Å². The molecule has 2 rings (SSSR count). The second-order valence-corrected chi connectivity index (χ2v) is 3.92. The van der Waals surface area contributed by atoms with Gasteiger partial charge in [-0.1, -0.05) is 19.4 Å². The third-order valence-electron chi connectivity index (χ3n) is 2.61. The van der Waals surface area contributed by atoms with E-state index >= 15 is 0 Å². The van der Waals surface area contributed by atoms with E-state index in [9.17, 15) is 0 Å². The molecule has 0 saturated carbocycles. The molecule has 0 unspecified atom stereocenters. The third-order valence-corrected chi connectivity index (χ3v) is 2.61. The van der Waals surface area contributed by atoms with Crippen LogP contribution in [0.3, 0.4) is 0 Å². The van der Waals surface area contributed by atoms with Gasteiger partial charge in [-0.15, -0.1) is 0 Å². The largest absolute Gasteiger partial charge is 0.348 e. The van der Waals surface area contributed by atoms with Crippen molar-refractivity contribution in [2.24, 2.45) is 9.98 Å². The summed E-state index contributed by atoms with van der Waals surface area (Å²) in [7, 11) is 0. The Morgan fingerprint density at radius 2 is 2.00 bits per heavy atom. The van der Waals surface area contributed by atoms with E-state index in [4.69, 9.17) is 0 Å². The monoisotopic (exact) mass is 227 g/mol. The smallest absolute Gasteiger partial charge is 0.151 e. The van der Waals surface area contributed by atoms with Gasteiger partial charge in [0.05, 0.1) is 0 Å². The summed E-state index contributed by atoms with van der Waals surface area (Å²) in [5.41, 5.74) is 1.19. The van der Waals surface area contributed by atoms with Gasteiger partial charge in [-0.25, -0.2) is 9.98 Å². The first kappa shape index (κ1) is 11.6. The van der Waals surface area contributed by atoms with Crippen LogP contribution in [-0.2, 0) is 0 Å². The van der Waals surface area contributed by atoms with Gasteiger partial charge in [-0.2, -0.15) is 0 Å². The number of allylic oxidation sites excluding steroid dienone is 5. The molecule has 0 N–H and O–H groups in total. The highest BCUT2D eigenvalue weighted by Crippen LogP contribution is 2.14. The van der Waals surface area contributed by atoms with E-state index in [1.807, 2.05) is 12.2 Å². The van der Waals surface area contributed by atoms with Crippen LogP contribution in [0.5, 0.6) is 0 Å². The number of nitrogens with zero attached hydrogens (tertiary/aromatic N) is 3. The summed E-state index contributed by atoms with van der Waals surface area (Å²) in [6, 6.07) is 0. The molecule has 0 spiro atoms. The molecular weight excluding hydrogens is 210 g/mol. The Morgan fingerprint density at radius 1 is 1.18 bits per heavy atom. The van der Waals surface area contributed by atoms with E-state index in [-0.39, 0.29) is 0 Å². The van der Waals surface area contributed by atoms with Gasteiger partial charge in [0.2, 0.25) is 0 Å². The van der Waals surface area contributed by atoms with Crippen LogP contribution in [0.25, 0.3) is 0 Å². The van der Waals surface area contributed by atoms with Gasteiger partial charge in [0.15, 0.2) is 5.82 Å². The summed E-state index contributed by atoms with van der Waals surface area (Å²) in [6.07, 6.45) is 18.1. The Balaban J connectivity index is 2.06. The zero-order valence-electron chi connectivity index (χ0n) is 10.1. The number of unbranched alkanes of at least 4 members (excludes halogenated alkanes) is 1. The van der Waals surface area contributed by atoms with Crippen LogP contribution < -0.4 is 0 Å². The minimum absolute atomic E-state index is 0.760. The molecule has 0 aromatic rings. The van der Waals surface area contributed by atoms with Gasteiger partial charge in [0, 0.05) is 30.9 Å². The Morgan fingerprint density at radius 3 is 2.76 bits per heavy atom. The highest BCUT2D eigenvalue weighted by molar-refractivity contribution is 6.18. The molecule has 0 fully saturated rings. The molecule has 17 heavy (non-hydrogen) atoms. The van der Waals surface area contributed by atoms with Crippen molar-refractivity contribution in [1.82, 2.24) is 4.90 Å². The Labute approximate surface area is 102 Å². The first-order chi connectivity index (χ1) is 8.40. The lowest BCUT2D eigenvalue weighted by Crippen LogP contribution is -2.18. The summed E-state index contributed by atoms with van der Waals surface area (Å²) >= 11 is 0. The number of rotatable bonds is 4. The molecule has 2 aliphatic heterocycles. The van der Waals surface area contributed by atoms with Gasteiger partial charge in [-0.3, -0.25) is 0 Å². The lowest BCUT2D eigenvalue weighted by Gasteiger charge is -2.23. The molecule has 0 saturated heterocycles. The second-order valence-electron chi connectivity index (χ2n) is 3.92. The standard InChI is InChI=1S/C14H17N3/c1-2-3-11-17-12-5-4-6-13(17)7-8-14-15-9-10-16-14/h4-10,12H,2-3,11H2,1H3/b13-7+. The van der Waals surface area contributed by atoms with Gasteiger partial charge < -0.3 is 4.90 Å². The van der Waals surface area contributed by atoms with Crippen molar-refractivity contribution in [3.8, 4) is 0 Å². The van der Waals surface area contributed by atoms with Crippen LogP contribution in [0.15, 0.2) is 58.1 Å². The third kappa shape index (κ3) is 3.28. The molecule has 0 radical (unpaired) electrons. The average molecular weight is 227 g/mol. The lowest BCUT2D eigenvalue weighted by atomic mass is 10.2. The van der Waals surface area contributed by atoms with E-state index < -0.39 is 0 Å². The summed E-state index contributed by atoms with van der Waals surface area (Å²) in [6.45, 7) is 3.26. The van der Waals surface area contributed by atoms with Crippen molar-refractivity contribution >= 4 is 12.4 Å². The Kier molecular flexibility index (Phi) is 4.08. The summed E-state index contributed by atoms with van der Waals surface area (Å²) < 4.78 is 0. The fourth-order valence-corrected chi connectivity index (χ4v) is 1.67. The molecule has 0 aromatic carbocycles. The van der Waals surface area contributed by atoms with E-state index in [0.717, 1.165) is 12.4 Å². The number of hydrogen-bond donors (Lipinski definition) is 0. The molecule has 0 bridgehead atoms. The zero-order chi connectivity index (χ0) is 11.9. The van der Waals surface area contributed by atoms with Crippen LogP contribution in [0.4, 0.5) is 0 Å². The molecule has 0 aliphatic carbocycles. The van der Waals surface area contributed by atoms with Crippen molar-refractivity contribution in [1.29, 1.82) is 0 Å². The molecule has 3 heteroatoms. The topological polar surface area (TPSA) is 28.0 Å². The number of hydrogen-bond acceptors (Lipinski definition) is 3. The fraction of sp³-hybridized carbons (Fsp3) is 0.286. The van der Waals surface area contributed by atoms with Crippen molar-refractivity contribution in [3.63, 3.8) is 0 Å². The minimum Gasteiger partial charge on any atom is -0.348 e. The highest BCUT2D eigenvalue weighted by atomic mass is 15.1. The molecule has 0 aromatic heterocycles. The average Bonchev–Trinajstić information content (AvgIpc) is 2.88. The zero-order valence-corrected chi connectivity index (χ0v) is 10.1. The fourth-order valence-electron chi connectivity index (χ4n) is 1.67. The summed E-state index contributed by atoms with van der Waals surface area (Å²) in [5, 5.41) is 0. The van der Waals surface area contributed by atoms with E-state index in [2.05, 4.69) is 46.2 Å². The Bertz CT molecular complexity index is 422. The van der Waals surface area contributed by atoms with E-state index in [1.54, 1.807) is 12.4 Å². The van der Waals surface area contributed by atoms with Crippen LogP contribution in [0, 0.1) is 0 Å². The minimum atomic E-state index is 0.760. The van der Waals surface area contributed by atoms with Gasteiger partial charge in [0.1, 0.15) is 0 Å². The second kappa shape index (κ2) is 5.99. The molecule has 2 heterocycles. The highest BCUT2D eigenvalue weighted by Gasteiger charge is 2.05. The first-order valence-corrected chi connectivity index (χ1v) is 6.00. The van der Waals surface area contributed by atoms with Crippen LogP contribution in [0.2, 0.25) is 0 Å². The van der Waals surface area contributed by atoms with Crippen molar-refractivity contribution < 1.29 is 0 Å². The predicted octanol–water partition coefficient (Wildman–Crippen LogP) is 3.05. The number of aliphatic imine (C=N–C) groups is 2. The lowest BCUT2D eigenvalue weighted by molar-refractivity contribution is 0.458. The SMILES string of the molecule is CCCCN1C=CC=C/C1=C\C=C1N=CC=N1. The van der Waals surface area contributed by atoms with Crippen LogP contribution in [0.1, 0.15) is 19.8 Å². The normalized spacial score (nSPS) is 19.7. The summed E-state index contributed by atoms with van der Waals surface area (Å²) in [5.74, 6) is 0.760. The molecule has 3 nitrogen and oxygen atoms in total. The van der Waals surface area contributed by atoms with Crippen molar-refractivity contribution in [2.75, 3.05) is 6.54 Å². The van der Waals surface area contributed by atoms with Crippen LogP contribution in [-0.4, -0.2) is 23.9 Å². The molecule has 0 amide bonds. The maximum absolute atomic E-state index is 4.12. The van der Waals surface area contributed by atoms with E-state index in [0.29, 0.717) is 0 Å². The molecule has 88 valence electrons. The molecule has 0 atom stereocenters. The maximum Gasteiger partial charge on any atom is 0.151 e. The first-order valence-electron chi connectivity index (χ1n) is 6.00. The quantitative estimate of drug-likeness (QED) is 0.725. The Hall–Kier alpha value is -1.90. The van der Waals surface area contributed by atoms with Crippen molar-refractivity contribution in [3.05, 3.63) is 48.1 Å². The molecular formula is C14H17N3. The summed E-state index contributed by atoms with van der Waals surface area (Å²) in [4.78, 5) is 10.5. The predicted molar refractivity (Wildman–Crippen MR) is 73.0 cm³/mol. The van der Waals surface area contributed by atoms with Gasteiger partial charge in [0.25, 0.3) is 0 Å². The molecule has 2 aliphatic rings. The van der Waals surface area contributed by atoms with E-state index in [1.165, 1.54) is 18.5 Å².